The van der Waals surface area contributed by atoms with Crippen LogP contribution in [0.15, 0.2) is 30.3 Å². The Morgan fingerprint density at radius 2 is 2.05 bits per heavy atom. The van der Waals surface area contributed by atoms with Crippen LogP contribution in [0.2, 0.25) is 0 Å². The molecular weight excluding hydrogens is 292 g/mol. The first-order chi connectivity index (χ1) is 9.94. The van der Waals surface area contributed by atoms with E-state index in [1.54, 1.807) is 24.3 Å². The quantitative estimate of drug-likeness (QED) is 0.777. The number of rotatable bonds is 5. The lowest BCUT2D eigenvalue weighted by Crippen LogP contribution is -2.47. The van der Waals surface area contributed by atoms with Gasteiger partial charge in [0, 0.05) is 12.6 Å². The molecule has 3 N–H and O–H groups in total. The number of benzene rings is 1. The highest BCUT2D eigenvalue weighted by molar-refractivity contribution is 7.91. The molecule has 2 rings (SSSR count). The largest absolute Gasteiger partial charge is 0.395 e. The molecule has 2 atom stereocenters. The van der Waals surface area contributed by atoms with E-state index in [4.69, 9.17) is 10.8 Å². The van der Waals surface area contributed by atoms with Gasteiger partial charge in [0.1, 0.15) is 6.04 Å². The fraction of sp³-hybridized carbons (Fsp3) is 0.500. The van der Waals surface area contributed by atoms with Crippen molar-refractivity contribution in [2.24, 2.45) is 5.73 Å². The van der Waals surface area contributed by atoms with Crippen LogP contribution in [-0.2, 0) is 14.6 Å². The molecule has 7 heteroatoms. The van der Waals surface area contributed by atoms with E-state index in [0.717, 1.165) is 0 Å². The molecule has 1 aliphatic rings. The molecule has 6 nitrogen and oxygen atoms in total. The number of carbonyl (C=O) groups excluding carboxylic acids is 1. The predicted molar refractivity (Wildman–Crippen MR) is 79.2 cm³/mol. The Labute approximate surface area is 124 Å². The second kappa shape index (κ2) is 6.55. The van der Waals surface area contributed by atoms with Gasteiger partial charge in [0.2, 0.25) is 5.91 Å². The van der Waals surface area contributed by atoms with Crippen LogP contribution >= 0.6 is 0 Å². The second-order valence-electron chi connectivity index (χ2n) is 5.20. The first kappa shape index (κ1) is 15.9. The van der Waals surface area contributed by atoms with E-state index in [1.807, 2.05) is 6.07 Å². The van der Waals surface area contributed by atoms with Gasteiger partial charge >= 0.3 is 0 Å². The van der Waals surface area contributed by atoms with Crippen LogP contribution in [0.1, 0.15) is 18.0 Å². The van der Waals surface area contributed by atoms with Crippen LogP contribution in [-0.4, -0.2) is 55.0 Å². The van der Waals surface area contributed by atoms with Gasteiger partial charge in [0.05, 0.1) is 18.1 Å². The van der Waals surface area contributed by atoms with Crippen LogP contribution in [0.4, 0.5) is 0 Å². The van der Waals surface area contributed by atoms with Crippen LogP contribution in [0.3, 0.4) is 0 Å². The first-order valence-electron chi connectivity index (χ1n) is 6.87. The minimum absolute atomic E-state index is 0.0553. The summed E-state index contributed by atoms with van der Waals surface area (Å²) in [7, 11) is -3.10. The normalized spacial score (nSPS) is 21.9. The third-order valence-electron chi connectivity index (χ3n) is 3.70. The highest BCUT2D eigenvalue weighted by atomic mass is 32.2. The molecule has 0 radical (unpaired) electrons. The molecule has 1 fully saturated rings. The summed E-state index contributed by atoms with van der Waals surface area (Å²) in [6.07, 6.45) is 0.398. The first-order valence-corrected chi connectivity index (χ1v) is 8.69. The van der Waals surface area contributed by atoms with Gasteiger partial charge in [-0.25, -0.2) is 8.42 Å². The summed E-state index contributed by atoms with van der Waals surface area (Å²) in [5.74, 6) is -0.328. The number of hydrogen-bond donors (Lipinski definition) is 2. The summed E-state index contributed by atoms with van der Waals surface area (Å²) in [5.41, 5.74) is 6.66. The van der Waals surface area contributed by atoms with E-state index >= 15 is 0 Å². The van der Waals surface area contributed by atoms with Crippen LogP contribution in [0.25, 0.3) is 0 Å². The smallest absolute Gasteiger partial charge is 0.244 e. The zero-order chi connectivity index (χ0) is 15.5. The molecule has 0 aliphatic carbocycles. The number of aliphatic hydroxyl groups excluding tert-OH is 1. The minimum Gasteiger partial charge on any atom is -0.395 e. The maximum atomic E-state index is 12.5. The molecule has 0 saturated carbocycles. The molecular formula is C14H20N2O4S. The molecule has 1 saturated heterocycles. The zero-order valence-corrected chi connectivity index (χ0v) is 12.5. The van der Waals surface area contributed by atoms with E-state index in [0.29, 0.717) is 12.0 Å². The van der Waals surface area contributed by atoms with Gasteiger partial charge in [0.15, 0.2) is 9.84 Å². The topological polar surface area (TPSA) is 101 Å². The number of aliphatic hydroxyl groups is 1. The molecule has 0 bridgehead atoms. The van der Waals surface area contributed by atoms with Crippen molar-refractivity contribution >= 4 is 15.7 Å². The molecule has 1 heterocycles. The summed E-state index contributed by atoms with van der Waals surface area (Å²) < 4.78 is 23.2. The molecule has 0 aromatic heterocycles. The molecule has 1 amide bonds. The predicted octanol–water partition coefficient (Wildman–Crippen LogP) is -0.306. The van der Waals surface area contributed by atoms with Crippen molar-refractivity contribution in [1.82, 2.24) is 4.90 Å². The standard InChI is InChI=1S/C14H20N2O4S/c15-13(11-4-2-1-3-5-11)14(18)16(7-8-17)12-6-9-21(19,20)10-12/h1-5,12-13,17H,6-10,15H2/t12?,13-/m1/s1. The van der Waals surface area contributed by atoms with Gasteiger partial charge in [-0.15, -0.1) is 0 Å². The Bertz CT molecular complexity index is 588. The highest BCUT2D eigenvalue weighted by Gasteiger charge is 2.36. The van der Waals surface area contributed by atoms with Crippen molar-refractivity contribution < 1.29 is 18.3 Å². The van der Waals surface area contributed by atoms with E-state index < -0.39 is 21.9 Å². The van der Waals surface area contributed by atoms with Gasteiger partial charge in [0.25, 0.3) is 0 Å². The molecule has 1 unspecified atom stereocenters. The summed E-state index contributed by atoms with van der Waals surface area (Å²) in [4.78, 5) is 13.9. The van der Waals surface area contributed by atoms with Crippen LogP contribution < -0.4 is 5.73 Å². The van der Waals surface area contributed by atoms with Gasteiger partial charge in [-0.05, 0) is 12.0 Å². The summed E-state index contributed by atoms with van der Waals surface area (Å²) in [6.45, 7) is -0.122. The van der Waals surface area contributed by atoms with E-state index in [2.05, 4.69) is 0 Å². The van der Waals surface area contributed by atoms with E-state index in [1.165, 1.54) is 4.90 Å². The summed E-state index contributed by atoms with van der Waals surface area (Å²) in [6, 6.07) is 7.68. The van der Waals surface area contributed by atoms with Gasteiger partial charge in [-0.1, -0.05) is 30.3 Å². The monoisotopic (exact) mass is 312 g/mol. The van der Waals surface area contributed by atoms with Crippen LogP contribution in [0.5, 0.6) is 0 Å². The van der Waals surface area contributed by atoms with Crippen molar-refractivity contribution in [3.05, 3.63) is 35.9 Å². The average Bonchev–Trinajstić information content (AvgIpc) is 2.84. The highest BCUT2D eigenvalue weighted by Crippen LogP contribution is 2.21. The number of nitrogens with two attached hydrogens (primary N) is 1. The second-order valence-corrected chi connectivity index (χ2v) is 7.43. The molecule has 116 valence electrons. The molecule has 0 spiro atoms. The number of nitrogens with zero attached hydrogens (tertiary/aromatic N) is 1. The fourth-order valence-electron chi connectivity index (χ4n) is 2.58. The lowest BCUT2D eigenvalue weighted by atomic mass is 10.1. The van der Waals surface area contributed by atoms with Crippen molar-refractivity contribution in [3.63, 3.8) is 0 Å². The lowest BCUT2D eigenvalue weighted by molar-refractivity contribution is -0.135. The third kappa shape index (κ3) is 3.81. The fourth-order valence-corrected chi connectivity index (χ4v) is 4.31. The Hall–Kier alpha value is -1.44. The maximum absolute atomic E-state index is 12.5. The SMILES string of the molecule is N[C@@H](C(=O)N(CCO)C1CCS(=O)(=O)C1)c1ccccc1. The summed E-state index contributed by atoms with van der Waals surface area (Å²) >= 11 is 0. The van der Waals surface area contributed by atoms with Crippen molar-refractivity contribution in [1.29, 1.82) is 0 Å². The average molecular weight is 312 g/mol. The van der Waals surface area contributed by atoms with Crippen molar-refractivity contribution in [2.75, 3.05) is 24.7 Å². The Kier molecular flexibility index (Phi) is 4.97. The lowest BCUT2D eigenvalue weighted by Gasteiger charge is -2.30. The Balaban J connectivity index is 2.16. The minimum atomic E-state index is -3.10. The maximum Gasteiger partial charge on any atom is 0.244 e. The Morgan fingerprint density at radius 3 is 2.57 bits per heavy atom. The number of carbonyl (C=O) groups is 1. The zero-order valence-electron chi connectivity index (χ0n) is 11.7. The summed E-state index contributed by atoms with van der Waals surface area (Å²) in [5, 5.41) is 9.14. The van der Waals surface area contributed by atoms with Gasteiger partial charge in [-0.2, -0.15) is 0 Å². The van der Waals surface area contributed by atoms with Crippen molar-refractivity contribution in [2.45, 2.75) is 18.5 Å². The van der Waals surface area contributed by atoms with E-state index in [-0.39, 0.29) is 30.6 Å². The molecule has 1 aromatic rings. The van der Waals surface area contributed by atoms with Gasteiger partial charge < -0.3 is 15.7 Å². The van der Waals surface area contributed by atoms with E-state index in [9.17, 15) is 13.2 Å². The van der Waals surface area contributed by atoms with Crippen molar-refractivity contribution in [3.8, 4) is 0 Å². The molecule has 21 heavy (non-hydrogen) atoms. The third-order valence-corrected chi connectivity index (χ3v) is 5.45. The van der Waals surface area contributed by atoms with Gasteiger partial charge in [-0.3, -0.25) is 4.79 Å². The van der Waals surface area contributed by atoms with Crippen LogP contribution in [0, 0.1) is 0 Å². The number of amides is 1. The number of hydrogen-bond acceptors (Lipinski definition) is 5. The molecule has 1 aliphatic heterocycles. The molecule has 1 aromatic carbocycles. The Morgan fingerprint density at radius 1 is 1.38 bits per heavy atom. The number of sulfone groups is 1.